The number of nitrogens with zero attached hydrogens (tertiary/aromatic N) is 3. The molecule has 2 rings (SSSR count). The Morgan fingerprint density at radius 3 is 2.56 bits per heavy atom. The standard InChI is InChI=1S/C13H16N4O/c1-10(18)16-4-6-17(7-5-16)13-8-11(9-14)2-3-12(13)15/h2-3,8H,4-7,15H2,1H3. The maximum absolute atomic E-state index is 11.2. The number of carbonyl (C=O) groups is 1. The predicted molar refractivity (Wildman–Crippen MR) is 70.0 cm³/mol. The number of nitriles is 1. The lowest BCUT2D eigenvalue weighted by Crippen LogP contribution is -2.48. The Labute approximate surface area is 106 Å². The van der Waals surface area contributed by atoms with Gasteiger partial charge in [-0.15, -0.1) is 0 Å². The molecule has 5 heteroatoms. The summed E-state index contributed by atoms with van der Waals surface area (Å²) in [6, 6.07) is 7.39. The van der Waals surface area contributed by atoms with Crippen molar-refractivity contribution in [2.24, 2.45) is 0 Å². The number of anilines is 2. The van der Waals surface area contributed by atoms with Crippen LogP contribution in [0.3, 0.4) is 0 Å². The van der Waals surface area contributed by atoms with E-state index in [1.165, 1.54) is 0 Å². The van der Waals surface area contributed by atoms with E-state index in [-0.39, 0.29) is 5.91 Å². The third-order valence-corrected chi connectivity index (χ3v) is 3.23. The SMILES string of the molecule is CC(=O)N1CCN(c2cc(C#N)ccc2N)CC1. The molecule has 0 unspecified atom stereocenters. The third-order valence-electron chi connectivity index (χ3n) is 3.23. The van der Waals surface area contributed by atoms with Gasteiger partial charge in [0.2, 0.25) is 5.91 Å². The zero-order valence-corrected chi connectivity index (χ0v) is 10.4. The van der Waals surface area contributed by atoms with Gasteiger partial charge in [0.05, 0.1) is 23.0 Å². The summed E-state index contributed by atoms with van der Waals surface area (Å²) in [6.45, 7) is 4.48. The second kappa shape index (κ2) is 4.96. The fourth-order valence-corrected chi connectivity index (χ4v) is 2.15. The highest BCUT2D eigenvalue weighted by Crippen LogP contribution is 2.25. The minimum Gasteiger partial charge on any atom is -0.397 e. The Hall–Kier alpha value is -2.22. The zero-order valence-electron chi connectivity index (χ0n) is 10.4. The Kier molecular flexibility index (Phi) is 3.38. The largest absolute Gasteiger partial charge is 0.397 e. The average Bonchev–Trinajstić information content (AvgIpc) is 2.39. The van der Waals surface area contributed by atoms with Crippen LogP contribution in [0.15, 0.2) is 18.2 Å². The summed E-state index contributed by atoms with van der Waals surface area (Å²) in [6.07, 6.45) is 0. The Balaban J connectivity index is 2.14. The molecular weight excluding hydrogens is 228 g/mol. The molecular formula is C13H16N4O. The molecule has 18 heavy (non-hydrogen) atoms. The van der Waals surface area contributed by atoms with Gasteiger partial charge < -0.3 is 15.5 Å². The zero-order chi connectivity index (χ0) is 13.1. The molecule has 2 N–H and O–H groups in total. The number of amides is 1. The molecule has 0 aromatic heterocycles. The van der Waals surface area contributed by atoms with E-state index in [4.69, 9.17) is 11.0 Å². The van der Waals surface area contributed by atoms with Gasteiger partial charge in [-0.3, -0.25) is 4.79 Å². The maximum Gasteiger partial charge on any atom is 0.219 e. The van der Waals surface area contributed by atoms with Crippen molar-refractivity contribution in [2.45, 2.75) is 6.92 Å². The number of nitrogens with two attached hydrogens (primary N) is 1. The fourth-order valence-electron chi connectivity index (χ4n) is 2.15. The van der Waals surface area contributed by atoms with Gasteiger partial charge >= 0.3 is 0 Å². The van der Waals surface area contributed by atoms with Crippen LogP contribution < -0.4 is 10.6 Å². The van der Waals surface area contributed by atoms with Gasteiger partial charge in [-0.2, -0.15) is 5.26 Å². The molecule has 0 radical (unpaired) electrons. The lowest BCUT2D eigenvalue weighted by atomic mass is 10.1. The second-order valence-electron chi connectivity index (χ2n) is 4.38. The van der Waals surface area contributed by atoms with Crippen LogP contribution >= 0.6 is 0 Å². The number of carbonyl (C=O) groups excluding carboxylic acids is 1. The first-order valence-electron chi connectivity index (χ1n) is 5.92. The van der Waals surface area contributed by atoms with Crippen molar-refractivity contribution in [3.63, 3.8) is 0 Å². The quantitative estimate of drug-likeness (QED) is 0.742. The van der Waals surface area contributed by atoms with Crippen molar-refractivity contribution >= 4 is 17.3 Å². The molecule has 94 valence electrons. The molecule has 5 nitrogen and oxygen atoms in total. The van der Waals surface area contributed by atoms with Crippen molar-refractivity contribution in [2.75, 3.05) is 36.8 Å². The van der Waals surface area contributed by atoms with Crippen LogP contribution in [0, 0.1) is 11.3 Å². The van der Waals surface area contributed by atoms with Gasteiger partial charge in [-0.1, -0.05) is 0 Å². The maximum atomic E-state index is 11.2. The molecule has 0 atom stereocenters. The molecule has 0 saturated carbocycles. The van der Waals surface area contributed by atoms with Crippen LogP contribution in [0.1, 0.15) is 12.5 Å². The number of hydrogen-bond donors (Lipinski definition) is 1. The summed E-state index contributed by atoms with van der Waals surface area (Å²) >= 11 is 0. The van der Waals surface area contributed by atoms with Crippen molar-refractivity contribution in [1.82, 2.24) is 4.90 Å². The van der Waals surface area contributed by atoms with Crippen molar-refractivity contribution in [3.8, 4) is 6.07 Å². The van der Waals surface area contributed by atoms with Crippen LogP contribution in [-0.4, -0.2) is 37.0 Å². The fraction of sp³-hybridized carbons (Fsp3) is 0.385. The summed E-state index contributed by atoms with van der Waals surface area (Å²) in [7, 11) is 0. The summed E-state index contributed by atoms with van der Waals surface area (Å²) < 4.78 is 0. The molecule has 1 aromatic carbocycles. The van der Waals surface area contributed by atoms with Crippen molar-refractivity contribution < 1.29 is 4.79 Å². The Bertz CT molecular complexity index is 498. The van der Waals surface area contributed by atoms with E-state index in [9.17, 15) is 4.79 Å². The summed E-state index contributed by atoms with van der Waals surface area (Å²) in [5.41, 5.74) is 8.10. The Morgan fingerprint density at radius 2 is 2.00 bits per heavy atom. The van der Waals surface area contributed by atoms with Gasteiger partial charge in [0.1, 0.15) is 0 Å². The molecule has 0 spiro atoms. The molecule has 1 amide bonds. The topological polar surface area (TPSA) is 73.4 Å². The van der Waals surface area contributed by atoms with E-state index in [0.717, 1.165) is 18.8 Å². The first-order chi connectivity index (χ1) is 8.61. The number of hydrogen-bond acceptors (Lipinski definition) is 4. The molecule has 1 aliphatic heterocycles. The van der Waals surface area contributed by atoms with E-state index in [0.29, 0.717) is 24.3 Å². The van der Waals surface area contributed by atoms with E-state index < -0.39 is 0 Å². The van der Waals surface area contributed by atoms with E-state index in [1.807, 2.05) is 4.90 Å². The monoisotopic (exact) mass is 244 g/mol. The highest BCUT2D eigenvalue weighted by atomic mass is 16.2. The molecule has 0 aliphatic carbocycles. The van der Waals surface area contributed by atoms with E-state index >= 15 is 0 Å². The second-order valence-corrected chi connectivity index (χ2v) is 4.38. The van der Waals surface area contributed by atoms with Gasteiger partial charge in [0, 0.05) is 33.1 Å². The van der Waals surface area contributed by atoms with Crippen LogP contribution in [0.4, 0.5) is 11.4 Å². The molecule has 1 fully saturated rings. The highest BCUT2D eigenvalue weighted by molar-refractivity contribution is 5.74. The lowest BCUT2D eigenvalue weighted by molar-refractivity contribution is -0.129. The van der Waals surface area contributed by atoms with Crippen molar-refractivity contribution in [1.29, 1.82) is 5.26 Å². The summed E-state index contributed by atoms with van der Waals surface area (Å²) in [5.74, 6) is 0.105. The van der Waals surface area contributed by atoms with Crippen LogP contribution in [-0.2, 0) is 4.79 Å². The smallest absolute Gasteiger partial charge is 0.219 e. The van der Waals surface area contributed by atoms with Gasteiger partial charge in [-0.25, -0.2) is 0 Å². The Morgan fingerprint density at radius 1 is 1.33 bits per heavy atom. The van der Waals surface area contributed by atoms with E-state index in [1.54, 1.807) is 25.1 Å². The third kappa shape index (κ3) is 2.38. The number of rotatable bonds is 1. The van der Waals surface area contributed by atoms with Crippen LogP contribution in [0.2, 0.25) is 0 Å². The average molecular weight is 244 g/mol. The number of piperazine rings is 1. The summed E-state index contributed by atoms with van der Waals surface area (Å²) in [5, 5.41) is 8.90. The number of nitrogen functional groups attached to an aromatic ring is 1. The minimum atomic E-state index is 0.105. The first-order valence-corrected chi connectivity index (χ1v) is 5.92. The predicted octanol–water partition coefficient (Wildman–Crippen LogP) is 0.809. The lowest BCUT2D eigenvalue weighted by Gasteiger charge is -2.36. The molecule has 1 heterocycles. The van der Waals surface area contributed by atoms with E-state index in [2.05, 4.69) is 11.0 Å². The van der Waals surface area contributed by atoms with Gasteiger partial charge in [0.25, 0.3) is 0 Å². The molecule has 0 bridgehead atoms. The highest BCUT2D eigenvalue weighted by Gasteiger charge is 2.20. The van der Waals surface area contributed by atoms with Gasteiger partial charge in [-0.05, 0) is 18.2 Å². The van der Waals surface area contributed by atoms with Gasteiger partial charge in [0.15, 0.2) is 0 Å². The first kappa shape index (κ1) is 12.2. The summed E-state index contributed by atoms with van der Waals surface area (Å²) in [4.78, 5) is 15.2. The van der Waals surface area contributed by atoms with Crippen LogP contribution in [0.25, 0.3) is 0 Å². The van der Waals surface area contributed by atoms with Crippen LogP contribution in [0.5, 0.6) is 0 Å². The minimum absolute atomic E-state index is 0.105. The molecule has 1 aromatic rings. The molecule has 1 saturated heterocycles. The molecule has 1 aliphatic rings. The normalized spacial score (nSPS) is 15.3. The van der Waals surface area contributed by atoms with Crippen molar-refractivity contribution in [3.05, 3.63) is 23.8 Å². The number of benzene rings is 1.